The van der Waals surface area contributed by atoms with Crippen LogP contribution in [-0.2, 0) is 4.79 Å². The number of nitrogens with one attached hydrogen (secondary N) is 1. The zero-order valence-corrected chi connectivity index (χ0v) is 15.0. The molecule has 0 aliphatic carbocycles. The number of carbonyl (C=O) groups is 1. The van der Waals surface area contributed by atoms with Crippen LogP contribution in [0.1, 0.15) is 5.56 Å². The second-order valence-corrected chi connectivity index (χ2v) is 6.75. The number of methoxy groups -OCH3 is 1. The number of para-hydroxylation sites is 2. The molecular formula is C17H13BrN2O3S. The lowest BCUT2D eigenvalue weighted by Gasteiger charge is -2.05. The van der Waals surface area contributed by atoms with Gasteiger partial charge in [0.05, 0.1) is 22.6 Å². The molecule has 3 rings (SSSR count). The highest BCUT2D eigenvalue weighted by Crippen LogP contribution is 2.30. The van der Waals surface area contributed by atoms with Crippen molar-refractivity contribution >= 4 is 50.8 Å². The predicted molar refractivity (Wildman–Crippen MR) is 98.3 cm³/mol. The predicted octanol–water partition coefficient (Wildman–Crippen LogP) is 4.55. The number of imidazole rings is 1. The Labute approximate surface area is 150 Å². The first-order chi connectivity index (χ1) is 11.6. The van der Waals surface area contributed by atoms with Gasteiger partial charge in [0.25, 0.3) is 0 Å². The molecule has 5 nitrogen and oxygen atoms in total. The third-order valence-electron chi connectivity index (χ3n) is 3.26. The summed E-state index contributed by atoms with van der Waals surface area (Å²) in [5.74, 6) is -0.318. The molecule has 0 spiro atoms. The number of rotatable bonds is 5. The van der Waals surface area contributed by atoms with Crippen molar-refractivity contribution in [2.45, 2.75) is 5.16 Å². The summed E-state index contributed by atoms with van der Waals surface area (Å²) in [5.41, 5.74) is 2.43. The van der Waals surface area contributed by atoms with Gasteiger partial charge in [0.2, 0.25) is 0 Å². The van der Waals surface area contributed by atoms with Crippen LogP contribution in [0, 0.1) is 0 Å². The second-order valence-electron chi connectivity index (χ2n) is 4.87. The quantitative estimate of drug-likeness (QED) is 0.481. The average Bonchev–Trinajstić information content (AvgIpc) is 2.96. The number of halogens is 1. The van der Waals surface area contributed by atoms with Gasteiger partial charge >= 0.3 is 5.97 Å². The van der Waals surface area contributed by atoms with Gasteiger partial charge in [0.15, 0.2) is 5.16 Å². The summed E-state index contributed by atoms with van der Waals surface area (Å²) < 4.78 is 5.94. The zero-order valence-electron chi connectivity index (χ0n) is 12.6. The second kappa shape index (κ2) is 7.11. The molecular weight excluding hydrogens is 392 g/mol. The maximum absolute atomic E-state index is 11.6. The number of hydrogen-bond donors (Lipinski definition) is 2. The van der Waals surface area contributed by atoms with Gasteiger partial charge in [0.1, 0.15) is 10.7 Å². The molecule has 7 heteroatoms. The molecule has 3 aromatic rings. The number of nitrogens with zero attached hydrogens (tertiary/aromatic N) is 1. The molecule has 0 amide bonds. The van der Waals surface area contributed by atoms with Crippen LogP contribution in [0.3, 0.4) is 0 Å². The van der Waals surface area contributed by atoms with Crippen molar-refractivity contribution in [3.8, 4) is 5.75 Å². The number of carboxylic acids is 1. The van der Waals surface area contributed by atoms with E-state index >= 15 is 0 Å². The van der Waals surface area contributed by atoms with Crippen molar-refractivity contribution in [3.63, 3.8) is 0 Å². The summed E-state index contributed by atoms with van der Waals surface area (Å²) in [6.45, 7) is 0. The molecule has 2 N–H and O–H groups in total. The first-order valence-corrected chi connectivity index (χ1v) is 8.59. The average molecular weight is 405 g/mol. The highest BCUT2D eigenvalue weighted by molar-refractivity contribution is 9.10. The summed E-state index contributed by atoms with van der Waals surface area (Å²) in [7, 11) is 1.58. The SMILES string of the molecule is COc1ccc(/C=C(\Sc2nc3ccccc3[nH]2)C(=O)O)cc1Br. The Morgan fingerprint density at radius 3 is 2.79 bits per heavy atom. The standard InChI is InChI=1S/C17H13BrN2O3S/c1-23-14-7-6-10(8-11(14)18)9-15(16(21)22)24-17-19-12-4-2-3-5-13(12)20-17/h2-9H,1H3,(H,19,20)(H,21,22)/b15-9-. The van der Waals surface area contributed by atoms with Gasteiger partial charge in [-0.05, 0) is 63.6 Å². The van der Waals surface area contributed by atoms with E-state index in [0.29, 0.717) is 10.9 Å². The van der Waals surface area contributed by atoms with Crippen LogP contribution in [-0.4, -0.2) is 28.2 Å². The highest BCUT2D eigenvalue weighted by atomic mass is 79.9. The van der Waals surface area contributed by atoms with E-state index in [2.05, 4.69) is 25.9 Å². The van der Waals surface area contributed by atoms with Crippen molar-refractivity contribution in [2.24, 2.45) is 0 Å². The Balaban J connectivity index is 1.91. The first kappa shape index (κ1) is 16.6. The molecule has 1 aromatic heterocycles. The number of aromatic nitrogens is 2. The van der Waals surface area contributed by atoms with Crippen molar-refractivity contribution in [2.75, 3.05) is 7.11 Å². The molecule has 0 aliphatic heterocycles. The number of benzene rings is 2. The Morgan fingerprint density at radius 1 is 1.33 bits per heavy atom. The molecule has 0 atom stereocenters. The minimum Gasteiger partial charge on any atom is -0.496 e. The summed E-state index contributed by atoms with van der Waals surface area (Å²) in [4.78, 5) is 19.2. The van der Waals surface area contributed by atoms with Gasteiger partial charge < -0.3 is 14.8 Å². The van der Waals surface area contributed by atoms with Crippen LogP contribution in [0.2, 0.25) is 0 Å². The van der Waals surface area contributed by atoms with E-state index in [9.17, 15) is 9.90 Å². The van der Waals surface area contributed by atoms with Crippen LogP contribution in [0.4, 0.5) is 0 Å². The number of hydrogen-bond acceptors (Lipinski definition) is 4. The van der Waals surface area contributed by atoms with E-state index in [1.165, 1.54) is 0 Å². The number of H-pyrrole nitrogens is 1. The van der Waals surface area contributed by atoms with E-state index in [4.69, 9.17) is 4.74 Å². The van der Waals surface area contributed by atoms with Crippen LogP contribution in [0.25, 0.3) is 17.1 Å². The molecule has 0 saturated carbocycles. The molecule has 1 heterocycles. The Bertz CT molecular complexity index is 903. The topological polar surface area (TPSA) is 75.2 Å². The molecule has 2 aromatic carbocycles. The molecule has 0 saturated heterocycles. The third-order valence-corrected chi connectivity index (χ3v) is 4.78. The fourth-order valence-electron chi connectivity index (χ4n) is 2.14. The summed E-state index contributed by atoms with van der Waals surface area (Å²) >= 11 is 4.48. The minimum atomic E-state index is -1.01. The smallest absolute Gasteiger partial charge is 0.342 e. The Morgan fingerprint density at radius 2 is 2.12 bits per heavy atom. The number of aliphatic carboxylic acids is 1. The summed E-state index contributed by atoms with van der Waals surface area (Å²) in [6.07, 6.45) is 1.60. The van der Waals surface area contributed by atoms with E-state index in [1.807, 2.05) is 24.3 Å². The summed E-state index contributed by atoms with van der Waals surface area (Å²) in [6, 6.07) is 12.9. The molecule has 0 bridgehead atoms. The highest BCUT2D eigenvalue weighted by Gasteiger charge is 2.13. The lowest BCUT2D eigenvalue weighted by molar-refractivity contribution is -0.131. The van der Waals surface area contributed by atoms with Crippen LogP contribution >= 0.6 is 27.7 Å². The third kappa shape index (κ3) is 3.63. The monoisotopic (exact) mass is 404 g/mol. The number of thioether (sulfide) groups is 1. The lowest BCUT2D eigenvalue weighted by Crippen LogP contribution is -1.97. The lowest BCUT2D eigenvalue weighted by atomic mass is 10.2. The van der Waals surface area contributed by atoms with Crippen LogP contribution in [0.15, 0.2) is 57.0 Å². The molecule has 24 heavy (non-hydrogen) atoms. The zero-order chi connectivity index (χ0) is 17.1. The van der Waals surface area contributed by atoms with Gasteiger partial charge in [-0.25, -0.2) is 9.78 Å². The Kier molecular flexibility index (Phi) is 4.92. The molecule has 0 aliphatic rings. The maximum Gasteiger partial charge on any atom is 0.342 e. The van der Waals surface area contributed by atoms with E-state index in [1.54, 1.807) is 31.4 Å². The van der Waals surface area contributed by atoms with Crippen molar-refractivity contribution < 1.29 is 14.6 Å². The van der Waals surface area contributed by atoms with E-state index in [-0.39, 0.29) is 4.91 Å². The normalized spacial score (nSPS) is 11.7. The van der Waals surface area contributed by atoms with Crippen molar-refractivity contribution in [1.82, 2.24) is 9.97 Å². The van der Waals surface area contributed by atoms with E-state index in [0.717, 1.165) is 32.8 Å². The first-order valence-electron chi connectivity index (χ1n) is 6.98. The minimum absolute atomic E-state index is 0.172. The number of carboxylic acid groups (broad SMARTS) is 1. The van der Waals surface area contributed by atoms with Crippen molar-refractivity contribution in [3.05, 3.63) is 57.4 Å². The Hall–Kier alpha value is -2.25. The van der Waals surface area contributed by atoms with Gasteiger partial charge in [-0.1, -0.05) is 18.2 Å². The molecule has 0 unspecified atom stereocenters. The van der Waals surface area contributed by atoms with Gasteiger partial charge in [0, 0.05) is 0 Å². The number of aromatic amines is 1. The summed E-state index contributed by atoms with van der Waals surface area (Å²) in [5, 5.41) is 10.0. The largest absolute Gasteiger partial charge is 0.496 e. The maximum atomic E-state index is 11.6. The van der Waals surface area contributed by atoms with Gasteiger partial charge in [-0.3, -0.25) is 0 Å². The molecule has 0 radical (unpaired) electrons. The van der Waals surface area contributed by atoms with Crippen LogP contribution in [0.5, 0.6) is 5.75 Å². The number of ether oxygens (including phenoxy) is 1. The fourth-order valence-corrected chi connectivity index (χ4v) is 3.49. The van der Waals surface area contributed by atoms with Crippen molar-refractivity contribution in [1.29, 1.82) is 0 Å². The molecule has 0 fully saturated rings. The number of fused-ring (bicyclic) bond motifs is 1. The van der Waals surface area contributed by atoms with Crippen LogP contribution < -0.4 is 4.74 Å². The fraction of sp³-hybridized carbons (Fsp3) is 0.0588. The van der Waals surface area contributed by atoms with Gasteiger partial charge in [-0.15, -0.1) is 0 Å². The van der Waals surface area contributed by atoms with Gasteiger partial charge in [-0.2, -0.15) is 0 Å². The van der Waals surface area contributed by atoms with E-state index < -0.39 is 5.97 Å². The molecule has 122 valence electrons.